The molecule has 0 aliphatic carbocycles. The molecule has 0 rings (SSSR count). The molecule has 0 aromatic carbocycles. The van der Waals surface area contributed by atoms with Gasteiger partial charge >= 0.3 is 0 Å². The number of carbonyl (C=O) groups excluding carboxylic acids is 1. The first-order valence-electron chi connectivity index (χ1n) is 24.0. The molecule has 0 spiro atoms. The van der Waals surface area contributed by atoms with E-state index >= 15 is 0 Å². The number of quaternary nitrogens is 1. The van der Waals surface area contributed by atoms with E-state index < -0.39 is 26.6 Å². The van der Waals surface area contributed by atoms with Gasteiger partial charge in [0.25, 0.3) is 7.82 Å². The van der Waals surface area contributed by atoms with Crippen LogP contribution >= 0.6 is 7.82 Å². The van der Waals surface area contributed by atoms with E-state index in [9.17, 15) is 19.4 Å². The SMILES string of the molecule is CCCCCCCCCC/C=C/CC/C=C/CC/C=C/C(O)C(COP(=O)([O-])OCC[N+](C)(C)C)NC(=O)CCCCCCC/C=C\CCCCCCCCCCC. The fourth-order valence-electron chi connectivity index (χ4n) is 6.65. The predicted octanol–water partition coefficient (Wildman–Crippen LogP) is 13.0. The number of phosphoric ester groups is 1. The van der Waals surface area contributed by atoms with Crippen molar-refractivity contribution in [1.29, 1.82) is 0 Å². The van der Waals surface area contributed by atoms with Gasteiger partial charge in [0.2, 0.25) is 5.91 Å². The molecular formula is C49H93N2O6P. The van der Waals surface area contributed by atoms with Crippen LogP contribution in [0.3, 0.4) is 0 Å². The van der Waals surface area contributed by atoms with Gasteiger partial charge in [-0.25, -0.2) is 0 Å². The fraction of sp³-hybridized carbons (Fsp3) is 0.816. The first-order valence-corrected chi connectivity index (χ1v) is 25.5. The number of unbranched alkanes of at least 4 members (excludes halogenated alkanes) is 24. The summed E-state index contributed by atoms with van der Waals surface area (Å²) in [6.07, 6.45) is 51.6. The van der Waals surface area contributed by atoms with Crippen LogP contribution in [0.15, 0.2) is 48.6 Å². The van der Waals surface area contributed by atoms with Gasteiger partial charge < -0.3 is 28.8 Å². The molecule has 58 heavy (non-hydrogen) atoms. The maximum Gasteiger partial charge on any atom is 0.268 e. The van der Waals surface area contributed by atoms with Crippen LogP contribution in [-0.2, 0) is 18.4 Å². The van der Waals surface area contributed by atoms with Crippen molar-refractivity contribution in [2.45, 2.75) is 219 Å². The number of hydrogen-bond acceptors (Lipinski definition) is 6. The van der Waals surface area contributed by atoms with E-state index in [1.807, 2.05) is 27.2 Å². The van der Waals surface area contributed by atoms with Crippen LogP contribution in [0.2, 0.25) is 0 Å². The van der Waals surface area contributed by atoms with E-state index in [0.29, 0.717) is 17.4 Å². The Morgan fingerprint density at radius 3 is 1.40 bits per heavy atom. The van der Waals surface area contributed by atoms with E-state index in [-0.39, 0.29) is 12.5 Å². The molecule has 8 nitrogen and oxygen atoms in total. The Balaban J connectivity index is 4.47. The number of nitrogens with one attached hydrogen (secondary N) is 1. The third kappa shape index (κ3) is 42.6. The number of aliphatic hydroxyl groups is 1. The van der Waals surface area contributed by atoms with Gasteiger partial charge in [0.05, 0.1) is 39.9 Å². The highest BCUT2D eigenvalue weighted by atomic mass is 31.2. The van der Waals surface area contributed by atoms with Crippen molar-refractivity contribution in [1.82, 2.24) is 5.32 Å². The average Bonchev–Trinajstić information content (AvgIpc) is 3.17. The molecule has 3 atom stereocenters. The summed E-state index contributed by atoms with van der Waals surface area (Å²) in [7, 11) is 1.23. The van der Waals surface area contributed by atoms with Crippen LogP contribution in [0.4, 0.5) is 0 Å². The number of nitrogens with zero attached hydrogens (tertiary/aromatic N) is 1. The molecule has 0 radical (unpaired) electrons. The molecule has 340 valence electrons. The number of hydrogen-bond donors (Lipinski definition) is 2. The van der Waals surface area contributed by atoms with Gasteiger partial charge in [-0.05, 0) is 70.6 Å². The Kier molecular flexibility index (Phi) is 39.8. The van der Waals surface area contributed by atoms with Crippen molar-refractivity contribution in [2.75, 3.05) is 40.9 Å². The second kappa shape index (κ2) is 40.8. The molecule has 0 aliphatic rings. The van der Waals surface area contributed by atoms with Crippen LogP contribution < -0.4 is 10.2 Å². The van der Waals surface area contributed by atoms with Crippen molar-refractivity contribution in [3.8, 4) is 0 Å². The highest BCUT2D eigenvalue weighted by molar-refractivity contribution is 7.45. The molecule has 0 aromatic rings. The summed E-state index contributed by atoms with van der Waals surface area (Å²) < 4.78 is 23.2. The first kappa shape index (κ1) is 56.5. The van der Waals surface area contributed by atoms with Gasteiger partial charge in [-0.3, -0.25) is 9.36 Å². The number of aliphatic hydroxyl groups excluding tert-OH is 1. The zero-order valence-electron chi connectivity index (χ0n) is 38.5. The number of phosphoric acid groups is 1. The molecule has 0 heterocycles. The largest absolute Gasteiger partial charge is 0.756 e. The number of allylic oxidation sites excluding steroid dienone is 7. The average molecular weight is 837 g/mol. The molecule has 0 aliphatic heterocycles. The zero-order valence-corrected chi connectivity index (χ0v) is 39.4. The van der Waals surface area contributed by atoms with E-state index in [1.165, 1.54) is 122 Å². The standard InChI is InChI=1S/C49H93N2O6P/c1-6-8-10-12-14-16-18-20-22-24-26-28-30-32-34-36-38-40-42-48(52)47(46-57-58(54,55)56-45-44-51(3,4)5)50-49(53)43-41-39-37-35-33-31-29-27-25-23-21-19-17-15-13-11-9-7-2/h24,26-27,29,32,34,40,42,47-48,52H,6-23,25,28,30-31,33,35-39,41,43-46H2,1-5H3,(H-,50,53,54,55)/b26-24+,29-27-,34-32+,42-40+. The lowest BCUT2D eigenvalue weighted by molar-refractivity contribution is -0.870. The molecule has 0 bridgehead atoms. The summed E-state index contributed by atoms with van der Waals surface area (Å²) in [6.45, 7) is 4.61. The minimum atomic E-state index is -4.60. The molecule has 1 amide bonds. The molecule has 0 fully saturated rings. The first-order chi connectivity index (χ1) is 28.0. The van der Waals surface area contributed by atoms with Gasteiger partial charge in [0.1, 0.15) is 13.2 Å². The molecule has 2 N–H and O–H groups in total. The summed E-state index contributed by atoms with van der Waals surface area (Å²) in [5.41, 5.74) is 0. The van der Waals surface area contributed by atoms with Crippen molar-refractivity contribution in [3.63, 3.8) is 0 Å². The lowest BCUT2D eigenvalue weighted by atomic mass is 10.1. The van der Waals surface area contributed by atoms with Gasteiger partial charge in [-0.2, -0.15) is 0 Å². The Morgan fingerprint density at radius 2 is 0.966 bits per heavy atom. The van der Waals surface area contributed by atoms with Crippen LogP contribution in [0.25, 0.3) is 0 Å². The van der Waals surface area contributed by atoms with Gasteiger partial charge in [-0.1, -0.05) is 178 Å². The van der Waals surface area contributed by atoms with E-state index in [0.717, 1.165) is 64.2 Å². The Bertz CT molecular complexity index is 1090. The third-order valence-electron chi connectivity index (χ3n) is 10.5. The second-order valence-corrected chi connectivity index (χ2v) is 18.8. The number of rotatable bonds is 43. The lowest BCUT2D eigenvalue weighted by Crippen LogP contribution is -2.45. The summed E-state index contributed by atoms with van der Waals surface area (Å²) in [4.78, 5) is 25.3. The maximum absolute atomic E-state index is 12.9. The summed E-state index contributed by atoms with van der Waals surface area (Å²) in [6, 6.07) is -0.913. The number of amides is 1. The summed E-state index contributed by atoms with van der Waals surface area (Å²) in [5.74, 6) is -0.220. The number of likely N-dealkylation sites (N-methyl/N-ethyl adjacent to an activating group) is 1. The molecule has 0 saturated carbocycles. The van der Waals surface area contributed by atoms with E-state index in [2.05, 4.69) is 55.6 Å². The topological polar surface area (TPSA) is 108 Å². The monoisotopic (exact) mass is 837 g/mol. The minimum absolute atomic E-state index is 0.0114. The quantitative estimate of drug-likeness (QED) is 0.0274. The second-order valence-electron chi connectivity index (χ2n) is 17.4. The van der Waals surface area contributed by atoms with Crippen molar-refractivity contribution in [3.05, 3.63) is 48.6 Å². The number of carbonyl (C=O) groups is 1. The third-order valence-corrected chi connectivity index (χ3v) is 11.5. The fourth-order valence-corrected chi connectivity index (χ4v) is 7.37. The van der Waals surface area contributed by atoms with Crippen LogP contribution in [0, 0.1) is 0 Å². The molecule has 9 heteroatoms. The van der Waals surface area contributed by atoms with Crippen LogP contribution in [-0.4, -0.2) is 68.5 Å². The maximum atomic E-state index is 12.9. The summed E-state index contributed by atoms with van der Waals surface area (Å²) in [5, 5.41) is 13.8. The Morgan fingerprint density at radius 1 is 0.586 bits per heavy atom. The predicted molar refractivity (Wildman–Crippen MR) is 247 cm³/mol. The van der Waals surface area contributed by atoms with Crippen molar-refractivity contribution in [2.24, 2.45) is 0 Å². The van der Waals surface area contributed by atoms with Crippen LogP contribution in [0.1, 0.15) is 206 Å². The van der Waals surface area contributed by atoms with Gasteiger partial charge in [0.15, 0.2) is 0 Å². The molecule has 0 aromatic heterocycles. The zero-order chi connectivity index (χ0) is 42.8. The van der Waals surface area contributed by atoms with Crippen molar-refractivity contribution >= 4 is 13.7 Å². The Labute approximate surface area is 359 Å². The molecular weight excluding hydrogens is 744 g/mol. The lowest BCUT2D eigenvalue weighted by Gasteiger charge is -2.29. The van der Waals surface area contributed by atoms with E-state index in [4.69, 9.17) is 9.05 Å². The smallest absolute Gasteiger partial charge is 0.268 e. The minimum Gasteiger partial charge on any atom is -0.756 e. The van der Waals surface area contributed by atoms with Gasteiger partial charge in [0, 0.05) is 6.42 Å². The Hall–Kier alpha value is -1.54. The van der Waals surface area contributed by atoms with Crippen molar-refractivity contribution < 1.29 is 32.9 Å². The summed E-state index contributed by atoms with van der Waals surface area (Å²) >= 11 is 0. The highest BCUT2D eigenvalue weighted by Gasteiger charge is 2.23. The normalized spacial score (nSPS) is 14.7. The highest BCUT2D eigenvalue weighted by Crippen LogP contribution is 2.38. The molecule has 3 unspecified atom stereocenters. The molecule has 0 saturated heterocycles. The van der Waals surface area contributed by atoms with Gasteiger partial charge in [-0.15, -0.1) is 0 Å². The van der Waals surface area contributed by atoms with Crippen LogP contribution in [0.5, 0.6) is 0 Å². The van der Waals surface area contributed by atoms with E-state index in [1.54, 1.807) is 6.08 Å².